The number of nitrogens with zero attached hydrogens (tertiary/aromatic N) is 3. The van der Waals surface area contributed by atoms with E-state index >= 15 is 0 Å². The lowest BCUT2D eigenvalue weighted by molar-refractivity contribution is -0.153. The van der Waals surface area contributed by atoms with Gasteiger partial charge in [0.15, 0.2) is 12.4 Å². The van der Waals surface area contributed by atoms with Crippen LogP contribution in [0, 0.1) is 6.92 Å². The average molecular weight is 434 g/mol. The minimum atomic E-state index is -4.44. The first-order valence-electron chi connectivity index (χ1n) is 8.96. The molecule has 1 atom stereocenters. The Balaban J connectivity index is 1.54. The number of aromatic nitrogens is 4. The first kappa shape index (κ1) is 20.3. The molecule has 0 bridgehead atoms. The van der Waals surface area contributed by atoms with E-state index in [1.54, 1.807) is 6.92 Å². The van der Waals surface area contributed by atoms with Crippen LogP contribution in [-0.2, 0) is 16.9 Å². The van der Waals surface area contributed by atoms with E-state index in [1.165, 1.54) is 12.3 Å². The molecule has 4 rings (SSSR count). The largest absolute Gasteiger partial charge is 0.609 e. The summed E-state index contributed by atoms with van der Waals surface area (Å²) in [5.74, 6) is 0.0644. The summed E-state index contributed by atoms with van der Waals surface area (Å²) < 4.78 is 56.9. The standard InChI is InChI=1S/C20H17F3N4O2S/c1-13-17(24-7-6-18(13)29-12-20(21,22)23)11-30(28)19-25-15-5-4-14(10-16(15)26-19)27-8-2-3-9-27/h2-10H,11-12H2,1H3,(H,25,26)/t30-/m0/s1. The Labute approximate surface area is 172 Å². The number of halogens is 3. The predicted octanol–water partition coefficient (Wildman–Crippen LogP) is 4.31. The van der Waals surface area contributed by atoms with Gasteiger partial charge in [-0.3, -0.25) is 9.97 Å². The van der Waals surface area contributed by atoms with Crippen molar-refractivity contribution in [3.8, 4) is 11.4 Å². The number of ether oxygens (including phenoxy) is 1. The lowest BCUT2D eigenvalue weighted by atomic mass is 10.2. The van der Waals surface area contributed by atoms with E-state index in [1.807, 2.05) is 47.3 Å². The van der Waals surface area contributed by atoms with Crippen LogP contribution in [0.15, 0.2) is 60.1 Å². The number of hydrogen-bond acceptors (Lipinski definition) is 4. The van der Waals surface area contributed by atoms with Crippen molar-refractivity contribution in [3.63, 3.8) is 0 Å². The Morgan fingerprint density at radius 3 is 2.70 bits per heavy atom. The van der Waals surface area contributed by atoms with E-state index in [-0.39, 0.29) is 16.7 Å². The Hall–Kier alpha value is -2.98. The van der Waals surface area contributed by atoms with E-state index in [0.29, 0.717) is 16.8 Å². The van der Waals surface area contributed by atoms with Gasteiger partial charge in [0.1, 0.15) is 5.75 Å². The van der Waals surface area contributed by atoms with Crippen molar-refractivity contribution in [2.24, 2.45) is 0 Å². The molecule has 156 valence electrons. The van der Waals surface area contributed by atoms with Gasteiger partial charge in [-0.15, -0.1) is 0 Å². The molecule has 4 aromatic rings. The van der Waals surface area contributed by atoms with E-state index in [0.717, 1.165) is 11.2 Å². The number of H-pyrrole nitrogens is 1. The first-order valence-corrected chi connectivity index (χ1v) is 10.3. The third kappa shape index (κ3) is 4.44. The lowest BCUT2D eigenvalue weighted by Crippen LogP contribution is -2.20. The molecule has 30 heavy (non-hydrogen) atoms. The van der Waals surface area contributed by atoms with Crippen LogP contribution in [0.4, 0.5) is 13.2 Å². The van der Waals surface area contributed by atoms with Crippen LogP contribution >= 0.6 is 0 Å². The SMILES string of the molecule is Cc1c(OCC(F)(F)F)ccnc1C[S@+]([O-])c1nc2cc(-n3cccc3)ccc2[nH]1. The zero-order valence-corrected chi connectivity index (χ0v) is 16.6. The summed E-state index contributed by atoms with van der Waals surface area (Å²) in [7, 11) is 0. The lowest BCUT2D eigenvalue weighted by Gasteiger charge is -2.14. The number of rotatable bonds is 6. The fourth-order valence-electron chi connectivity index (χ4n) is 2.96. The fourth-order valence-corrected chi connectivity index (χ4v) is 4.06. The maximum Gasteiger partial charge on any atom is 0.422 e. The molecule has 0 fully saturated rings. The van der Waals surface area contributed by atoms with Gasteiger partial charge in [-0.2, -0.15) is 18.2 Å². The van der Waals surface area contributed by atoms with E-state index in [9.17, 15) is 17.7 Å². The maximum atomic E-state index is 12.8. The Morgan fingerprint density at radius 2 is 1.97 bits per heavy atom. The van der Waals surface area contributed by atoms with E-state index < -0.39 is 24.0 Å². The van der Waals surface area contributed by atoms with E-state index in [4.69, 9.17) is 4.74 Å². The Kier molecular flexibility index (Phi) is 5.44. The molecule has 6 nitrogen and oxygen atoms in total. The molecule has 10 heteroatoms. The summed E-state index contributed by atoms with van der Waals surface area (Å²) in [6.07, 6.45) is 0.726. The number of fused-ring (bicyclic) bond motifs is 1. The molecule has 0 unspecified atom stereocenters. The first-order chi connectivity index (χ1) is 14.3. The maximum absolute atomic E-state index is 12.8. The highest BCUT2D eigenvalue weighted by Crippen LogP contribution is 2.26. The van der Waals surface area contributed by atoms with Crippen molar-refractivity contribution in [2.45, 2.75) is 24.0 Å². The number of imidazole rings is 1. The number of benzene rings is 1. The molecule has 3 aromatic heterocycles. The van der Waals surface area contributed by atoms with Gasteiger partial charge in [-0.05, 0) is 43.3 Å². The zero-order chi connectivity index (χ0) is 21.3. The number of aromatic amines is 1. The molecule has 0 radical (unpaired) electrons. The molecule has 3 heterocycles. The molecular weight excluding hydrogens is 417 g/mol. The molecule has 0 amide bonds. The van der Waals surface area contributed by atoms with Crippen LogP contribution in [-0.4, -0.2) is 36.9 Å². The fraction of sp³-hybridized carbons (Fsp3) is 0.200. The molecular formula is C20H17F3N4O2S. The topological polar surface area (TPSA) is 78.8 Å². The van der Waals surface area contributed by atoms with Gasteiger partial charge in [-0.25, -0.2) is 0 Å². The van der Waals surface area contributed by atoms with Crippen molar-refractivity contribution < 1.29 is 22.5 Å². The molecule has 0 saturated carbocycles. The van der Waals surface area contributed by atoms with Crippen LogP contribution < -0.4 is 4.74 Å². The third-order valence-electron chi connectivity index (χ3n) is 4.48. The highest BCUT2D eigenvalue weighted by atomic mass is 32.2. The number of alkyl halides is 3. The quantitative estimate of drug-likeness (QED) is 0.459. The van der Waals surface area contributed by atoms with Gasteiger partial charge >= 0.3 is 11.3 Å². The molecule has 0 aliphatic heterocycles. The summed E-state index contributed by atoms with van der Waals surface area (Å²) >= 11 is -1.56. The summed E-state index contributed by atoms with van der Waals surface area (Å²) in [4.78, 5) is 11.6. The van der Waals surface area contributed by atoms with Gasteiger partial charge in [0, 0.05) is 41.0 Å². The Bertz CT molecular complexity index is 1160. The molecule has 0 saturated heterocycles. The predicted molar refractivity (Wildman–Crippen MR) is 106 cm³/mol. The molecule has 1 aromatic carbocycles. The van der Waals surface area contributed by atoms with Gasteiger partial charge < -0.3 is 13.9 Å². The number of nitrogens with one attached hydrogen (secondary N) is 1. The molecule has 1 N–H and O–H groups in total. The van der Waals surface area contributed by atoms with Crippen molar-refractivity contribution in [2.75, 3.05) is 6.61 Å². The van der Waals surface area contributed by atoms with Crippen LogP contribution in [0.1, 0.15) is 11.3 Å². The van der Waals surface area contributed by atoms with Crippen molar-refractivity contribution >= 4 is 22.2 Å². The van der Waals surface area contributed by atoms with Crippen molar-refractivity contribution in [3.05, 3.63) is 66.2 Å². The number of hydrogen-bond donors (Lipinski definition) is 1. The molecule has 0 spiro atoms. The highest BCUT2D eigenvalue weighted by Gasteiger charge is 2.29. The van der Waals surface area contributed by atoms with Gasteiger partial charge in [-0.1, -0.05) is 0 Å². The minimum Gasteiger partial charge on any atom is -0.609 e. The normalized spacial score (nSPS) is 13.0. The summed E-state index contributed by atoms with van der Waals surface area (Å²) in [5.41, 5.74) is 3.13. The summed E-state index contributed by atoms with van der Waals surface area (Å²) in [6, 6.07) is 10.8. The second kappa shape index (κ2) is 8.04. The molecule has 0 aliphatic carbocycles. The van der Waals surface area contributed by atoms with Crippen LogP contribution in [0.2, 0.25) is 0 Å². The van der Waals surface area contributed by atoms with Crippen molar-refractivity contribution in [1.82, 2.24) is 19.5 Å². The second-order valence-corrected chi connectivity index (χ2v) is 7.97. The van der Waals surface area contributed by atoms with Gasteiger partial charge in [0.25, 0.3) is 0 Å². The summed E-state index contributed by atoms with van der Waals surface area (Å²) in [6.45, 7) is 0.195. The average Bonchev–Trinajstić information content (AvgIpc) is 3.37. The van der Waals surface area contributed by atoms with Crippen molar-refractivity contribution in [1.29, 1.82) is 0 Å². The zero-order valence-electron chi connectivity index (χ0n) is 15.8. The Morgan fingerprint density at radius 1 is 1.20 bits per heavy atom. The van der Waals surface area contributed by atoms with Crippen LogP contribution in [0.3, 0.4) is 0 Å². The van der Waals surface area contributed by atoms with E-state index in [2.05, 4.69) is 15.0 Å². The molecule has 0 aliphatic rings. The number of pyridine rings is 1. The third-order valence-corrected chi connectivity index (χ3v) is 5.64. The smallest absolute Gasteiger partial charge is 0.422 e. The highest BCUT2D eigenvalue weighted by molar-refractivity contribution is 7.90. The van der Waals surface area contributed by atoms with Gasteiger partial charge in [0.2, 0.25) is 0 Å². The second-order valence-electron chi connectivity index (χ2n) is 6.61. The van der Waals surface area contributed by atoms with Gasteiger partial charge in [0.05, 0.1) is 16.7 Å². The van der Waals surface area contributed by atoms with Crippen LogP contribution in [0.5, 0.6) is 5.75 Å². The summed E-state index contributed by atoms with van der Waals surface area (Å²) in [5, 5.41) is 0.275. The minimum absolute atomic E-state index is 0.000664. The monoisotopic (exact) mass is 434 g/mol. The van der Waals surface area contributed by atoms with Crippen LogP contribution in [0.25, 0.3) is 16.7 Å².